The number of aromatic nitrogens is 1. The Hall–Kier alpha value is -1.32. The SMILES string of the molecule is CN1CC2CN(Cc3c[nH]c4ccccc34)CC2C1. The van der Waals surface area contributed by atoms with E-state index in [1.165, 1.54) is 42.6 Å². The van der Waals surface area contributed by atoms with Crippen molar-refractivity contribution in [3.63, 3.8) is 0 Å². The molecule has 3 nitrogen and oxygen atoms in total. The number of fused-ring (bicyclic) bond motifs is 2. The Morgan fingerprint density at radius 3 is 2.63 bits per heavy atom. The third-order valence-corrected chi connectivity index (χ3v) is 4.81. The molecule has 3 heterocycles. The lowest BCUT2D eigenvalue weighted by molar-refractivity contribution is 0.273. The van der Waals surface area contributed by atoms with E-state index in [9.17, 15) is 0 Å². The highest BCUT2D eigenvalue weighted by atomic mass is 15.2. The molecule has 0 bridgehead atoms. The van der Waals surface area contributed by atoms with Crippen molar-refractivity contribution in [3.8, 4) is 0 Å². The molecule has 0 amide bonds. The van der Waals surface area contributed by atoms with Crippen LogP contribution in [-0.2, 0) is 6.54 Å². The maximum atomic E-state index is 3.38. The number of hydrogen-bond donors (Lipinski definition) is 1. The summed E-state index contributed by atoms with van der Waals surface area (Å²) < 4.78 is 0. The first kappa shape index (κ1) is 11.5. The summed E-state index contributed by atoms with van der Waals surface area (Å²) in [6, 6.07) is 8.62. The lowest BCUT2D eigenvalue weighted by atomic mass is 10.0. The summed E-state index contributed by atoms with van der Waals surface area (Å²) in [6.07, 6.45) is 2.19. The largest absolute Gasteiger partial charge is 0.361 e. The van der Waals surface area contributed by atoms with E-state index in [-0.39, 0.29) is 0 Å². The molecule has 0 spiro atoms. The third kappa shape index (κ3) is 1.97. The first-order valence-electron chi connectivity index (χ1n) is 7.25. The van der Waals surface area contributed by atoms with Crippen LogP contribution >= 0.6 is 0 Å². The molecule has 2 atom stereocenters. The monoisotopic (exact) mass is 255 g/mol. The minimum Gasteiger partial charge on any atom is -0.361 e. The number of H-pyrrole nitrogens is 1. The molecule has 2 aliphatic heterocycles. The van der Waals surface area contributed by atoms with Gasteiger partial charge in [0.25, 0.3) is 0 Å². The molecule has 0 aliphatic carbocycles. The van der Waals surface area contributed by atoms with Crippen LogP contribution in [0.5, 0.6) is 0 Å². The van der Waals surface area contributed by atoms with E-state index in [4.69, 9.17) is 0 Å². The summed E-state index contributed by atoms with van der Waals surface area (Å²) in [5.74, 6) is 1.80. The Morgan fingerprint density at radius 2 is 1.84 bits per heavy atom. The quantitative estimate of drug-likeness (QED) is 0.888. The van der Waals surface area contributed by atoms with Crippen LogP contribution in [-0.4, -0.2) is 48.0 Å². The Morgan fingerprint density at radius 1 is 1.11 bits per heavy atom. The minimum absolute atomic E-state index is 0.898. The second-order valence-corrected chi connectivity index (χ2v) is 6.29. The van der Waals surface area contributed by atoms with Crippen molar-refractivity contribution in [2.24, 2.45) is 11.8 Å². The van der Waals surface area contributed by atoms with Gasteiger partial charge in [-0.15, -0.1) is 0 Å². The van der Waals surface area contributed by atoms with Crippen LogP contribution in [0.2, 0.25) is 0 Å². The summed E-state index contributed by atoms with van der Waals surface area (Å²) in [6.45, 7) is 6.22. The van der Waals surface area contributed by atoms with E-state index in [1.54, 1.807) is 0 Å². The normalized spacial score (nSPS) is 28.3. The predicted octanol–water partition coefficient (Wildman–Crippen LogP) is 2.16. The van der Waals surface area contributed by atoms with Crippen molar-refractivity contribution >= 4 is 10.9 Å². The molecule has 0 radical (unpaired) electrons. The van der Waals surface area contributed by atoms with E-state index in [0.717, 1.165) is 18.4 Å². The smallest absolute Gasteiger partial charge is 0.0457 e. The van der Waals surface area contributed by atoms with Crippen molar-refractivity contribution in [3.05, 3.63) is 36.0 Å². The maximum absolute atomic E-state index is 3.38. The molecule has 2 fully saturated rings. The Balaban J connectivity index is 1.51. The number of nitrogens with zero attached hydrogens (tertiary/aromatic N) is 2. The molecule has 19 heavy (non-hydrogen) atoms. The number of nitrogens with one attached hydrogen (secondary N) is 1. The van der Waals surface area contributed by atoms with Crippen molar-refractivity contribution < 1.29 is 0 Å². The van der Waals surface area contributed by atoms with Crippen molar-refractivity contribution in [1.82, 2.24) is 14.8 Å². The van der Waals surface area contributed by atoms with Crippen LogP contribution < -0.4 is 0 Å². The molecule has 4 rings (SSSR count). The molecular formula is C16H21N3. The predicted molar refractivity (Wildman–Crippen MR) is 78.1 cm³/mol. The van der Waals surface area contributed by atoms with E-state index in [0.29, 0.717) is 0 Å². The van der Waals surface area contributed by atoms with Gasteiger partial charge in [0.1, 0.15) is 0 Å². The van der Waals surface area contributed by atoms with Gasteiger partial charge in [-0.1, -0.05) is 18.2 Å². The van der Waals surface area contributed by atoms with Gasteiger partial charge in [0, 0.05) is 49.8 Å². The number of likely N-dealkylation sites (tertiary alicyclic amines) is 2. The molecule has 2 aromatic rings. The van der Waals surface area contributed by atoms with Crippen LogP contribution in [0.25, 0.3) is 10.9 Å². The highest BCUT2D eigenvalue weighted by molar-refractivity contribution is 5.82. The number of rotatable bonds is 2. The third-order valence-electron chi connectivity index (χ3n) is 4.81. The zero-order valence-electron chi connectivity index (χ0n) is 11.5. The van der Waals surface area contributed by atoms with Crippen molar-refractivity contribution in [1.29, 1.82) is 0 Å². The van der Waals surface area contributed by atoms with Gasteiger partial charge >= 0.3 is 0 Å². The second-order valence-electron chi connectivity index (χ2n) is 6.29. The minimum atomic E-state index is 0.898. The van der Waals surface area contributed by atoms with Crippen LogP contribution in [0.4, 0.5) is 0 Å². The lowest BCUT2D eigenvalue weighted by Crippen LogP contribution is -2.26. The molecule has 1 aromatic heterocycles. The summed E-state index contributed by atoms with van der Waals surface area (Å²) >= 11 is 0. The van der Waals surface area contributed by atoms with E-state index < -0.39 is 0 Å². The van der Waals surface area contributed by atoms with E-state index in [1.807, 2.05) is 0 Å². The summed E-state index contributed by atoms with van der Waals surface area (Å²) in [7, 11) is 2.25. The van der Waals surface area contributed by atoms with E-state index in [2.05, 4.69) is 52.3 Å². The average molecular weight is 255 g/mol. The van der Waals surface area contributed by atoms with Gasteiger partial charge in [-0.05, 0) is 30.5 Å². The highest BCUT2D eigenvalue weighted by Crippen LogP contribution is 2.31. The fraction of sp³-hybridized carbons (Fsp3) is 0.500. The molecular weight excluding hydrogens is 234 g/mol. The number of para-hydroxylation sites is 1. The summed E-state index contributed by atoms with van der Waals surface area (Å²) in [5.41, 5.74) is 2.71. The van der Waals surface area contributed by atoms with Crippen LogP contribution in [0.3, 0.4) is 0 Å². The number of hydrogen-bond acceptors (Lipinski definition) is 2. The fourth-order valence-corrected chi connectivity index (χ4v) is 3.96. The molecule has 3 heteroatoms. The standard InChI is InChI=1S/C16H21N3/c1-18-7-13-10-19(11-14(13)8-18)9-12-6-17-16-5-3-2-4-15(12)16/h2-6,13-14,17H,7-11H2,1H3. The van der Waals surface area contributed by atoms with Gasteiger partial charge in [0.05, 0.1) is 0 Å². The molecule has 100 valence electrons. The Bertz CT molecular complexity index is 574. The van der Waals surface area contributed by atoms with Gasteiger partial charge in [-0.3, -0.25) is 4.90 Å². The molecule has 2 saturated heterocycles. The van der Waals surface area contributed by atoms with Gasteiger partial charge in [0.15, 0.2) is 0 Å². The maximum Gasteiger partial charge on any atom is 0.0457 e. The molecule has 2 unspecified atom stereocenters. The van der Waals surface area contributed by atoms with Gasteiger partial charge in [0.2, 0.25) is 0 Å². The van der Waals surface area contributed by atoms with Crippen molar-refractivity contribution in [2.45, 2.75) is 6.54 Å². The number of aromatic amines is 1. The zero-order chi connectivity index (χ0) is 12.8. The molecule has 1 N–H and O–H groups in total. The van der Waals surface area contributed by atoms with Crippen molar-refractivity contribution in [2.75, 3.05) is 33.2 Å². The zero-order valence-corrected chi connectivity index (χ0v) is 11.5. The molecule has 1 aromatic carbocycles. The first-order chi connectivity index (χ1) is 9.29. The highest BCUT2D eigenvalue weighted by Gasteiger charge is 2.38. The molecule has 2 aliphatic rings. The average Bonchev–Trinajstić information content (AvgIpc) is 3.03. The first-order valence-corrected chi connectivity index (χ1v) is 7.25. The number of benzene rings is 1. The fourth-order valence-electron chi connectivity index (χ4n) is 3.96. The topological polar surface area (TPSA) is 22.3 Å². The van der Waals surface area contributed by atoms with Crippen LogP contribution in [0.15, 0.2) is 30.5 Å². The summed E-state index contributed by atoms with van der Waals surface area (Å²) in [4.78, 5) is 8.51. The lowest BCUT2D eigenvalue weighted by Gasteiger charge is -2.18. The molecule has 0 saturated carbocycles. The van der Waals surface area contributed by atoms with Gasteiger partial charge < -0.3 is 9.88 Å². The van der Waals surface area contributed by atoms with Crippen LogP contribution in [0, 0.1) is 11.8 Å². The van der Waals surface area contributed by atoms with Gasteiger partial charge in [-0.2, -0.15) is 0 Å². The van der Waals surface area contributed by atoms with E-state index >= 15 is 0 Å². The second kappa shape index (κ2) is 4.36. The Labute approximate surface area is 114 Å². The van der Waals surface area contributed by atoms with Gasteiger partial charge in [-0.25, -0.2) is 0 Å². The Kier molecular flexibility index (Phi) is 2.64. The van der Waals surface area contributed by atoms with Crippen LogP contribution in [0.1, 0.15) is 5.56 Å². The summed E-state index contributed by atoms with van der Waals surface area (Å²) in [5, 5.41) is 1.39.